The summed E-state index contributed by atoms with van der Waals surface area (Å²) in [6.45, 7) is 1.61. The third-order valence-corrected chi connectivity index (χ3v) is 1.13. The fraction of sp³-hybridized carbons (Fsp3) is 1.00. The van der Waals surface area contributed by atoms with Crippen molar-refractivity contribution in [3.8, 4) is 0 Å². The normalized spacial score (nSPS) is 15.4. The van der Waals surface area contributed by atoms with E-state index in [0.717, 1.165) is 0 Å². The fourth-order valence-corrected chi connectivity index (χ4v) is 0.658. The standard InChI is InChI=1S/C3H9NO4S/c1-2-3(4)8-9(5,6)7/h3H,2,4H2,1H3,(H,5,6,7)/p-1. The van der Waals surface area contributed by atoms with Crippen LogP contribution in [0.2, 0.25) is 0 Å². The summed E-state index contributed by atoms with van der Waals surface area (Å²) >= 11 is 0. The molecule has 0 saturated heterocycles. The third kappa shape index (κ3) is 5.71. The quantitative estimate of drug-likeness (QED) is 0.325. The van der Waals surface area contributed by atoms with Crippen LogP contribution in [0.4, 0.5) is 0 Å². The van der Waals surface area contributed by atoms with Gasteiger partial charge in [-0.05, 0) is 6.42 Å². The van der Waals surface area contributed by atoms with E-state index in [0.29, 0.717) is 6.42 Å². The van der Waals surface area contributed by atoms with E-state index in [1.807, 2.05) is 0 Å². The molecular weight excluding hydrogens is 146 g/mol. The van der Waals surface area contributed by atoms with Gasteiger partial charge in [-0.2, -0.15) is 0 Å². The summed E-state index contributed by atoms with van der Waals surface area (Å²) in [5.41, 5.74) is 4.96. The summed E-state index contributed by atoms with van der Waals surface area (Å²) in [6, 6.07) is 0. The molecule has 0 heterocycles. The lowest BCUT2D eigenvalue weighted by molar-refractivity contribution is 0.180. The molecule has 0 aromatic heterocycles. The average Bonchev–Trinajstić information content (AvgIpc) is 1.62. The molecular formula is C3H8NO4S-. The second-order valence-electron chi connectivity index (χ2n) is 1.45. The monoisotopic (exact) mass is 154 g/mol. The van der Waals surface area contributed by atoms with Gasteiger partial charge in [0.1, 0.15) is 6.23 Å². The van der Waals surface area contributed by atoms with Crippen molar-refractivity contribution in [2.24, 2.45) is 5.73 Å². The second kappa shape index (κ2) is 3.11. The van der Waals surface area contributed by atoms with Crippen molar-refractivity contribution in [3.63, 3.8) is 0 Å². The first kappa shape index (κ1) is 8.83. The highest BCUT2D eigenvalue weighted by Crippen LogP contribution is 1.93. The van der Waals surface area contributed by atoms with E-state index in [-0.39, 0.29) is 0 Å². The molecule has 0 radical (unpaired) electrons. The molecule has 0 spiro atoms. The van der Waals surface area contributed by atoms with E-state index in [1.54, 1.807) is 6.92 Å². The van der Waals surface area contributed by atoms with Gasteiger partial charge in [0.25, 0.3) is 0 Å². The molecule has 0 aromatic rings. The van der Waals surface area contributed by atoms with Gasteiger partial charge in [0, 0.05) is 0 Å². The van der Waals surface area contributed by atoms with Crippen LogP contribution >= 0.6 is 0 Å². The molecule has 0 aliphatic heterocycles. The first-order chi connectivity index (χ1) is 3.95. The van der Waals surface area contributed by atoms with Crippen LogP contribution in [0.1, 0.15) is 13.3 Å². The van der Waals surface area contributed by atoms with Crippen LogP contribution in [-0.4, -0.2) is 19.2 Å². The summed E-state index contributed by atoms with van der Waals surface area (Å²) in [5.74, 6) is 0. The first-order valence-electron chi connectivity index (χ1n) is 2.35. The average molecular weight is 154 g/mol. The van der Waals surface area contributed by atoms with Gasteiger partial charge in [0.15, 0.2) is 0 Å². The van der Waals surface area contributed by atoms with Gasteiger partial charge < -0.3 is 10.3 Å². The topological polar surface area (TPSA) is 92.5 Å². The molecule has 6 heteroatoms. The molecule has 0 aliphatic rings. The molecule has 0 rings (SSSR count). The minimum atomic E-state index is -4.61. The Bertz CT molecular complexity index is 163. The van der Waals surface area contributed by atoms with Crippen molar-refractivity contribution in [3.05, 3.63) is 0 Å². The Morgan fingerprint density at radius 3 is 2.33 bits per heavy atom. The van der Waals surface area contributed by atoms with Crippen LogP contribution in [0.3, 0.4) is 0 Å². The zero-order valence-corrected chi connectivity index (χ0v) is 5.72. The molecule has 1 unspecified atom stereocenters. The highest BCUT2D eigenvalue weighted by atomic mass is 32.3. The van der Waals surface area contributed by atoms with Gasteiger partial charge in [-0.25, -0.2) is 8.42 Å². The van der Waals surface area contributed by atoms with E-state index in [4.69, 9.17) is 5.73 Å². The molecule has 0 aromatic carbocycles. The van der Waals surface area contributed by atoms with Crippen LogP contribution in [0.25, 0.3) is 0 Å². The zero-order chi connectivity index (χ0) is 7.49. The molecule has 1 atom stereocenters. The summed E-state index contributed by atoms with van der Waals surface area (Å²) in [5, 5.41) is 0. The van der Waals surface area contributed by atoms with E-state index in [9.17, 15) is 13.0 Å². The Kier molecular flexibility index (Phi) is 3.06. The van der Waals surface area contributed by atoms with Crippen molar-refractivity contribution in [1.82, 2.24) is 0 Å². The van der Waals surface area contributed by atoms with E-state index in [2.05, 4.69) is 4.18 Å². The Labute approximate surface area is 53.8 Å². The molecule has 0 bridgehead atoms. The maximum absolute atomic E-state index is 9.74. The van der Waals surface area contributed by atoms with Crippen LogP contribution in [-0.2, 0) is 14.6 Å². The molecule has 2 N–H and O–H groups in total. The van der Waals surface area contributed by atoms with Crippen molar-refractivity contribution in [2.75, 3.05) is 0 Å². The Balaban J connectivity index is 3.75. The lowest BCUT2D eigenvalue weighted by Crippen LogP contribution is -2.25. The maximum atomic E-state index is 9.74. The Morgan fingerprint density at radius 1 is 1.78 bits per heavy atom. The fourth-order valence-electron chi connectivity index (χ4n) is 0.219. The molecule has 0 aliphatic carbocycles. The third-order valence-electron chi connectivity index (χ3n) is 0.644. The van der Waals surface area contributed by atoms with Gasteiger partial charge in [0.05, 0.1) is 0 Å². The first-order valence-corrected chi connectivity index (χ1v) is 3.68. The Hall–Kier alpha value is -0.170. The SMILES string of the molecule is CCC(N)OS(=O)(=O)[O-]. The number of hydrogen-bond donors (Lipinski definition) is 1. The largest absolute Gasteiger partial charge is 0.725 e. The number of rotatable bonds is 3. The van der Waals surface area contributed by atoms with Gasteiger partial charge in [-0.3, -0.25) is 4.18 Å². The molecule has 0 fully saturated rings. The highest BCUT2D eigenvalue weighted by Gasteiger charge is 2.01. The van der Waals surface area contributed by atoms with Crippen molar-refractivity contribution >= 4 is 10.4 Å². The molecule has 56 valence electrons. The summed E-state index contributed by atoms with van der Waals surface area (Å²) in [4.78, 5) is 0. The molecule has 0 saturated carbocycles. The van der Waals surface area contributed by atoms with Crippen LogP contribution in [0, 0.1) is 0 Å². The summed E-state index contributed by atoms with van der Waals surface area (Å²) in [6.07, 6.45) is -0.714. The number of nitrogens with two attached hydrogens (primary N) is 1. The van der Waals surface area contributed by atoms with Gasteiger partial charge >= 0.3 is 0 Å². The van der Waals surface area contributed by atoms with Crippen molar-refractivity contribution < 1.29 is 17.2 Å². The van der Waals surface area contributed by atoms with Gasteiger partial charge in [-0.15, -0.1) is 0 Å². The zero-order valence-electron chi connectivity index (χ0n) is 4.90. The van der Waals surface area contributed by atoms with Crippen molar-refractivity contribution in [2.45, 2.75) is 19.6 Å². The number of hydrogen-bond acceptors (Lipinski definition) is 5. The molecule has 9 heavy (non-hydrogen) atoms. The maximum Gasteiger partial charge on any atom is 0.219 e. The smallest absolute Gasteiger partial charge is 0.219 e. The second-order valence-corrected chi connectivity index (χ2v) is 2.46. The highest BCUT2D eigenvalue weighted by molar-refractivity contribution is 7.80. The van der Waals surface area contributed by atoms with Gasteiger partial charge in [-0.1, -0.05) is 6.92 Å². The summed E-state index contributed by atoms with van der Waals surface area (Å²) < 4.78 is 33.0. The molecule has 0 amide bonds. The lowest BCUT2D eigenvalue weighted by atomic mass is 10.5. The van der Waals surface area contributed by atoms with Crippen LogP contribution in [0.15, 0.2) is 0 Å². The minimum Gasteiger partial charge on any atom is -0.725 e. The summed E-state index contributed by atoms with van der Waals surface area (Å²) in [7, 11) is -4.61. The van der Waals surface area contributed by atoms with Crippen LogP contribution < -0.4 is 5.73 Å². The predicted molar refractivity (Wildman–Crippen MR) is 29.0 cm³/mol. The minimum absolute atomic E-state index is 0.293. The molecule has 5 nitrogen and oxygen atoms in total. The van der Waals surface area contributed by atoms with Gasteiger partial charge in [0.2, 0.25) is 10.4 Å². The Morgan fingerprint density at radius 2 is 2.22 bits per heavy atom. The lowest BCUT2D eigenvalue weighted by Gasteiger charge is -2.11. The van der Waals surface area contributed by atoms with Crippen molar-refractivity contribution in [1.29, 1.82) is 0 Å². The predicted octanol–water partition coefficient (Wildman–Crippen LogP) is -0.842. The van der Waals surface area contributed by atoms with Crippen LogP contribution in [0.5, 0.6) is 0 Å². The van der Waals surface area contributed by atoms with E-state index >= 15 is 0 Å². The van der Waals surface area contributed by atoms with E-state index in [1.165, 1.54) is 0 Å². The van der Waals surface area contributed by atoms with E-state index < -0.39 is 16.6 Å².